The molecule has 2 aliphatic rings. The molecule has 2 aliphatic heterocycles. The summed E-state index contributed by atoms with van der Waals surface area (Å²) in [6, 6.07) is 8.48. The summed E-state index contributed by atoms with van der Waals surface area (Å²) >= 11 is 1.79. The summed E-state index contributed by atoms with van der Waals surface area (Å²) in [5.74, 6) is 3.03. The van der Waals surface area contributed by atoms with Crippen LogP contribution in [0.15, 0.2) is 29.2 Å². The minimum absolute atomic E-state index is 0.363. The van der Waals surface area contributed by atoms with Crippen LogP contribution >= 0.6 is 11.8 Å². The number of nitrogens with zero attached hydrogens (tertiary/aromatic N) is 2. The van der Waals surface area contributed by atoms with Crippen LogP contribution in [0.5, 0.6) is 11.6 Å². The quantitative estimate of drug-likeness (QED) is 0.853. The smallest absolute Gasteiger partial charge is 0.247 e. The molecular weight excluding hydrogens is 284 g/mol. The molecule has 0 fully saturated rings. The minimum Gasteiger partial charge on any atom is -0.493 e. The van der Waals surface area contributed by atoms with Gasteiger partial charge >= 0.3 is 0 Å². The second-order valence-corrected chi connectivity index (χ2v) is 6.59. The number of thioether (sulfide) groups is 1. The zero-order chi connectivity index (χ0) is 14.2. The van der Waals surface area contributed by atoms with Gasteiger partial charge in [-0.05, 0) is 19.1 Å². The molecule has 4 rings (SSSR count). The molecule has 0 amide bonds. The predicted octanol–water partition coefficient (Wildman–Crippen LogP) is 2.99. The van der Waals surface area contributed by atoms with Crippen molar-refractivity contribution in [3.63, 3.8) is 0 Å². The lowest BCUT2D eigenvalue weighted by atomic mass is 9.95. The highest BCUT2D eigenvalue weighted by atomic mass is 32.2. The Morgan fingerprint density at radius 1 is 1.24 bits per heavy atom. The Labute approximate surface area is 127 Å². The molecular formula is C16H16N2O2S. The topological polar surface area (TPSA) is 44.2 Å². The van der Waals surface area contributed by atoms with E-state index in [2.05, 4.69) is 41.4 Å². The fourth-order valence-corrected chi connectivity index (χ4v) is 3.64. The number of hydrogen-bond acceptors (Lipinski definition) is 5. The molecule has 0 spiro atoms. The van der Waals surface area contributed by atoms with E-state index in [0.29, 0.717) is 11.8 Å². The third-order valence-electron chi connectivity index (χ3n) is 3.86. The number of aromatic nitrogens is 2. The minimum atomic E-state index is 0.363. The molecule has 0 saturated carbocycles. The van der Waals surface area contributed by atoms with Crippen LogP contribution in [0.4, 0.5) is 0 Å². The third-order valence-corrected chi connectivity index (χ3v) is 4.83. The molecule has 21 heavy (non-hydrogen) atoms. The highest BCUT2D eigenvalue weighted by Crippen LogP contribution is 2.37. The van der Waals surface area contributed by atoms with Gasteiger partial charge in [0.25, 0.3) is 0 Å². The first-order chi connectivity index (χ1) is 10.3. The summed E-state index contributed by atoms with van der Waals surface area (Å²) in [6.45, 7) is 3.55. The van der Waals surface area contributed by atoms with Gasteiger partial charge < -0.3 is 9.47 Å². The lowest BCUT2D eigenvalue weighted by Gasteiger charge is -2.16. The molecule has 0 bridgehead atoms. The third kappa shape index (κ3) is 2.46. The van der Waals surface area contributed by atoms with Gasteiger partial charge in [-0.1, -0.05) is 17.7 Å². The van der Waals surface area contributed by atoms with Crippen LogP contribution in [0.3, 0.4) is 0 Å². The zero-order valence-corrected chi connectivity index (χ0v) is 12.7. The molecule has 5 heteroatoms. The largest absolute Gasteiger partial charge is 0.493 e. The molecule has 0 radical (unpaired) electrons. The maximum atomic E-state index is 5.77. The SMILES string of the molecule is Cc1ccc2c(c1)C(Cc1cc3c(nn1)OCCS3)CO2. The van der Waals surface area contributed by atoms with Crippen LogP contribution < -0.4 is 9.47 Å². The monoisotopic (exact) mass is 300 g/mol. The van der Waals surface area contributed by atoms with Crippen molar-refractivity contribution in [2.45, 2.75) is 24.2 Å². The lowest BCUT2D eigenvalue weighted by Crippen LogP contribution is -2.11. The van der Waals surface area contributed by atoms with E-state index in [1.165, 1.54) is 11.1 Å². The van der Waals surface area contributed by atoms with E-state index in [4.69, 9.17) is 9.47 Å². The summed E-state index contributed by atoms with van der Waals surface area (Å²) in [5.41, 5.74) is 3.57. The van der Waals surface area contributed by atoms with Crippen molar-refractivity contribution in [2.24, 2.45) is 0 Å². The van der Waals surface area contributed by atoms with Crippen molar-refractivity contribution in [3.05, 3.63) is 41.1 Å². The van der Waals surface area contributed by atoms with Crippen LogP contribution in [0.1, 0.15) is 22.7 Å². The average molecular weight is 300 g/mol. The van der Waals surface area contributed by atoms with Crippen molar-refractivity contribution in [1.29, 1.82) is 0 Å². The molecule has 0 saturated heterocycles. The highest BCUT2D eigenvalue weighted by molar-refractivity contribution is 7.99. The fraction of sp³-hybridized carbons (Fsp3) is 0.375. The van der Waals surface area contributed by atoms with Gasteiger partial charge in [-0.2, -0.15) is 5.10 Å². The summed E-state index contributed by atoms with van der Waals surface area (Å²) in [5, 5.41) is 8.51. The Bertz CT molecular complexity index is 690. The van der Waals surface area contributed by atoms with Gasteiger partial charge in [-0.15, -0.1) is 16.9 Å². The molecule has 108 valence electrons. The number of benzene rings is 1. The van der Waals surface area contributed by atoms with Crippen molar-refractivity contribution in [2.75, 3.05) is 19.0 Å². The summed E-state index contributed by atoms with van der Waals surface area (Å²) < 4.78 is 11.3. The van der Waals surface area contributed by atoms with E-state index >= 15 is 0 Å². The molecule has 1 atom stereocenters. The van der Waals surface area contributed by atoms with Crippen LogP contribution in [-0.4, -0.2) is 29.2 Å². The first-order valence-electron chi connectivity index (χ1n) is 7.15. The summed E-state index contributed by atoms with van der Waals surface area (Å²) in [7, 11) is 0. The molecule has 3 heterocycles. The van der Waals surface area contributed by atoms with Gasteiger partial charge in [-0.3, -0.25) is 0 Å². The maximum Gasteiger partial charge on any atom is 0.247 e. The second-order valence-electron chi connectivity index (χ2n) is 5.46. The molecule has 2 aromatic rings. The number of hydrogen-bond donors (Lipinski definition) is 0. The lowest BCUT2D eigenvalue weighted by molar-refractivity contribution is 0.309. The van der Waals surface area contributed by atoms with Gasteiger partial charge in [0, 0.05) is 23.7 Å². The van der Waals surface area contributed by atoms with Gasteiger partial charge in [0.05, 0.1) is 23.8 Å². The molecule has 4 nitrogen and oxygen atoms in total. The second kappa shape index (κ2) is 5.22. The van der Waals surface area contributed by atoms with Crippen LogP contribution in [0.25, 0.3) is 0 Å². The number of ether oxygens (including phenoxy) is 2. The van der Waals surface area contributed by atoms with Crippen molar-refractivity contribution in [1.82, 2.24) is 10.2 Å². The molecule has 0 aliphatic carbocycles. The van der Waals surface area contributed by atoms with E-state index in [9.17, 15) is 0 Å². The maximum absolute atomic E-state index is 5.77. The van der Waals surface area contributed by atoms with Crippen LogP contribution in [0.2, 0.25) is 0 Å². The Kier molecular flexibility index (Phi) is 3.22. The molecule has 1 aromatic heterocycles. The zero-order valence-electron chi connectivity index (χ0n) is 11.8. The van der Waals surface area contributed by atoms with E-state index in [1.54, 1.807) is 11.8 Å². The van der Waals surface area contributed by atoms with Crippen molar-refractivity contribution >= 4 is 11.8 Å². The molecule has 1 unspecified atom stereocenters. The van der Waals surface area contributed by atoms with Crippen LogP contribution in [0, 0.1) is 6.92 Å². The van der Waals surface area contributed by atoms with E-state index in [0.717, 1.165) is 41.7 Å². The highest BCUT2D eigenvalue weighted by Gasteiger charge is 2.25. The number of fused-ring (bicyclic) bond motifs is 2. The van der Waals surface area contributed by atoms with Gasteiger partial charge in [-0.25, -0.2) is 0 Å². The Balaban J connectivity index is 1.59. The normalized spacial score (nSPS) is 19.4. The fourth-order valence-electron chi connectivity index (χ4n) is 2.81. The van der Waals surface area contributed by atoms with Crippen molar-refractivity contribution in [3.8, 4) is 11.6 Å². The Morgan fingerprint density at radius 2 is 2.19 bits per heavy atom. The van der Waals surface area contributed by atoms with Crippen LogP contribution in [-0.2, 0) is 6.42 Å². The average Bonchev–Trinajstić information content (AvgIpc) is 2.89. The van der Waals surface area contributed by atoms with E-state index in [1.807, 2.05) is 0 Å². The number of rotatable bonds is 2. The van der Waals surface area contributed by atoms with Crippen molar-refractivity contribution < 1.29 is 9.47 Å². The molecule has 0 N–H and O–H groups in total. The van der Waals surface area contributed by atoms with Gasteiger partial charge in [0.2, 0.25) is 5.88 Å². The Hall–Kier alpha value is -1.75. The number of aryl methyl sites for hydroxylation is 1. The first-order valence-corrected chi connectivity index (χ1v) is 8.14. The first kappa shape index (κ1) is 13.0. The van der Waals surface area contributed by atoms with Gasteiger partial charge in [0.1, 0.15) is 5.75 Å². The summed E-state index contributed by atoms with van der Waals surface area (Å²) in [4.78, 5) is 1.11. The van der Waals surface area contributed by atoms with E-state index < -0.39 is 0 Å². The molecule has 1 aromatic carbocycles. The van der Waals surface area contributed by atoms with E-state index in [-0.39, 0.29) is 0 Å². The predicted molar refractivity (Wildman–Crippen MR) is 81.4 cm³/mol. The standard InChI is InChI=1S/C16H16N2O2S/c1-10-2-3-14-13(6-10)11(9-20-14)7-12-8-15-16(18-17-12)19-4-5-21-15/h2-3,6,8,11H,4-5,7,9H2,1H3. The Morgan fingerprint density at radius 3 is 3.14 bits per heavy atom. The summed E-state index contributed by atoms with van der Waals surface area (Å²) in [6.07, 6.45) is 0.858. The van der Waals surface area contributed by atoms with Gasteiger partial charge in [0.15, 0.2) is 0 Å².